The van der Waals surface area contributed by atoms with Gasteiger partial charge in [-0.15, -0.1) is 0 Å². The number of carbonyl (C=O) groups is 2. The Hall–Kier alpha value is -1.41. The van der Waals surface area contributed by atoms with Gasteiger partial charge < -0.3 is 25.0 Å². The van der Waals surface area contributed by atoms with Crippen LogP contribution in [0.2, 0.25) is 0 Å². The third-order valence-corrected chi connectivity index (χ3v) is 12.0. The molecule has 0 heterocycles. The first-order valence-corrected chi connectivity index (χ1v) is 25.1. The van der Waals surface area contributed by atoms with E-state index in [0.29, 0.717) is 18.9 Å². The van der Waals surface area contributed by atoms with Crippen LogP contribution in [0, 0.1) is 11.8 Å². The molecule has 0 aliphatic heterocycles. The SMILES string of the molecule is CCCCCCCCC(CCCCCCCC)CCCCCCCN(CCCCCCCC(=O)OCC(C)CCCCCCC)CCCNC(=S)N(C)C.O=CO. The van der Waals surface area contributed by atoms with Gasteiger partial charge in [-0.2, -0.15) is 0 Å². The number of ether oxygens (including phenoxy) is 1. The Morgan fingerprint density at radius 2 is 0.965 bits per heavy atom. The first kappa shape index (κ1) is 57.7. The maximum absolute atomic E-state index is 12.3. The van der Waals surface area contributed by atoms with Crippen LogP contribution in [0.4, 0.5) is 0 Å². The summed E-state index contributed by atoms with van der Waals surface area (Å²) in [5.41, 5.74) is 0. The van der Waals surface area contributed by atoms with Crippen molar-refractivity contribution < 1.29 is 19.4 Å². The number of rotatable bonds is 42. The molecule has 0 aliphatic carbocycles. The van der Waals surface area contributed by atoms with Crippen LogP contribution in [-0.2, 0) is 14.3 Å². The molecule has 2 N–H and O–H groups in total. The quantitative estimate of drug-likeness (QED) is 0.0273. The van der Waals surface area contributed by atoms with Crippen LogP contribution >= 0.6 is 12.2 Å². The molecule has 0 spiro atoms. The highest BCUT2D eigenvalue weighted by Gasteiger charge is 2.11. The normalized spacial score (nSPS) is 11.7. The van der Waals surface area contributed by atoms with Crippen LogP contribution in [0.15, 0.2) is 0 Å². The van der Waals surface area contributed by atoms with Crippen LogP contribution in [0.25, 0.3) is 0 Å². The molecule has 0 radical (unpaired) electrons. The minimum absolute atomic E-state index is 0.00233. The van der Waals surface area contributed by atoms with Crippen molar-refractivity contribution in [2.24, 2.45) is 11.8 Å². The van der Waals surface area contributed by atoms with Crippen LogP contribution in [0.5, 0.6) is 0 Å². The predicted octanol–water partition coefficient (Wildman–Crippen LogP) is 14.2. The number of carboxylic acid groups (broad SMARTS) is 1. The molecule has 57 heavy (non-hydrogen) atoms. The lowest BCUT2D eigenvalue weighted by Gasteiger charge is -2.23. The fourth-order valence-corrected chi connectivity index (χ4v) is 7.87. The number of unbranched alkanes of at least 4 members (excludes halogenated alkanes) is 22. The zero-order valence-electron chi connectivity index (χ0n) is 39.1. The molecule has 8 heteroatoms. The monoisotopic (exact) mass is 826 g/mol. The highest BCUT2D eigenvalue weighted by Crippen LogP contribution is 2.25. The Morgan fingerprint density at radius 1 is 0.596 bits per heavy atom. The molecule has 0 aromatic rings. The van der Waals surface area contributed by atoms with E-state index in [2.05, 4.69) is 37.9 Å². The summed E-state index contributed by atoms with van der Waals surface area (Å²) in [4.78, 5) is 25.3. The third-order valence-electron chi connectivity index (χ3n) is 11.5. The average Bonchev–Trinajstić information content (AvgIpc) is 3.19. The molecule has 0 rings (SSSR count). The number of nitrogens with zero attached hydrogens (tertiary/aromatic N) is 2. The van der Waals surface area contributed by atoms with Gasteiger partial charge in [-0.1, -0.05) is 201 Å². The summed E-state index contributed by atoms with van der Waals surface area (Å²) in [7, 11) is 4.02. The highest BCUT2D eigenvalue weighted by molar-refractivity contribution is 7.80. The van der Waals surface area contributed by atoms with Gasteiger partial charge in [0.25, 0.3) is 6.47 Å². The van der Waals surface area contributed by atoms with Gasteiger partial charge in [0.05, 0.1) is 6.61 Å². The lowest BCUT2D eigenvalue weighted by Crippen LogP contribution is -2.36. The summed E-state index contributed by atoms with van der Waals surface area (Å²) < 4.78 is 5.59. The fraction of sp³-hybridized carbons (Fsp3) is 0.939. The molecule has 0 bridgehead atoms. The summed E-state index contributed by atoms with van der Waals surface area (Å²) >= 11 is 5.44. The molecule has 0 fully saturated rings. The minimum atomic E-state index is -0.250. The number of carbonyl (C=O) groups excluding carboxylic acids is 1. The molecular weight excluding hydrogens is 727 g/mol. The van der Waals surface area contributed by atoms with E-state index < -0.39 is 0 Å². The van der Waals surface area contributed by atoms with Gasteiger partial charge in [0.1, 0.15) is 0 Å². The lowest BCUT2D eigenvalue weighted by molar-refractivity contribution is -0.145. The zero-order valence-corrected chi connectivity index (χ0v) is 39.9. The van der Waals surface area contributed by atoms with Gasteiger partial charge in [-0.05, 0) is 75.8 Å². The van der Waals surface area contributed by atoms with E-state index >= 15 is 0 Å². The smallest absolute Gasteiger partial charge is 0.305 e. The van der Waals surface area contributed by atoms with Crippen molar-refractivity contribution >= 4 is 29.8 Å². The second-order valence-electron chi connectivity index (χ2n) is 17.5. The van der Waals surface area contributed by atoms with Gasteiger partial charge in [0.15, 0.2) is 5.11 Å². The number of thiocarbonyl (C=S) groups is 1. The van der Waals surface area contributed by atoms with Crippen molar-refractivity contribution in [2.45, 2.75) is 240 Å². The summed E-state index contributed by atoms with van der Waals surface area (Å²) in [5, 5.41) is 11.1. The summed E-state index contributed by atoms with van der Waals surface area (Å²) in [6.45, 7) is 14.0. The first-order chi connectivity index (χ1) is 27.7. The molecular formula is C49H99N3O4S. The highest BCUT2D eigenvalue weighted by atomic mass is 32.1. The maximum Gasteiger partial charge on any atom is 0.305 e. The van der Waals surface area contributed by atoms with E-state index in [0.717, 1.165) is 43.4 Å². The minimum Gasteiger partial charge on any atom is -0.483 e. The molecule has 0 saturated heterocycles. The van der Waals surface area contributed by atoms with Crippen molar-refractivity contribution in [2.75, 3.05) is 46.9 Å². The predicted molar refractivity (Wildman–Crippen MR) is 252 cm³/mol. The second-order valence-corrected chi connectivity index (χ2v) is 17.9. The van der Waals surface area contributed by atoms with E-state index in [4.69, 9.17) is 26.9 Å². The van der Waals surface area contributed by atoms with Crippen molar-refractivity contribution in [3.05, 3.63) is 0 Å². The van der Waals surface area contributed by atoms with Crippen molar-refractivity contribution in [1.29, 1.82) is 0 Å². The van der Waals surface area contributed by atoms with Gasteiger partial charge in [-0.3, -0.25) is 9.59 Å². The van der Waals surface area contributed by atoms with Crippen LogP contribution < -0.4 is 5.32 Å². The topological polar surface area (TPSA) is 82.1 Å². The molecule has 0 amide bonds. The Balaban J connectivity index is 0. The van der Waals surface area contributed by atoms with E-state index in [1.807, 2.05) is 19.0 Å². The number of hydrogen-bond donors (Lipinski definition) is 2. The zero-order chi connectivity index (χ0) is 42.5. The van der Waals surface area contributed by atoms with Gasteiger partial charge in [0, 0.05) is 27.1 Å². The Morgan fingerprint density at radius 3 is 1.40 bits per heavy atom. The van der Waals surface area contributed by atoms with Crippen LogP contribution in [0.3, 0.4) is 0 Å². The Labute approximate surface area is 361 Å². The number of esters is 1. The summed E-state index contributed by atoms with van der Waals surface area (Å²) in [6, 6.07) is 0. The Bertz CT molecular complexity index is 829. The summed E-state index contributed by atoms with van der Waals surface area (Å²) in [5.74, 6) is 1.46. The van der Waals surface area contributed by atoms with E-state index in [1.54, 1.807) is 0 Å². The molecule has 0 aromatic carbocycles. The van der Waals surface area contributed by atoms with Crippen molar-refractivity contribution in [3.63, 3.8) is 0 Å². The molecule has 1 atom stereocenters. The second kappa shape index (κ2) is 47.3. The molecule has 340 valence electrons. The van der Waals surface area contributed by atoms with Crippen molar-refractivity contribution in [3.8, 4) is 0 Å². The third kappa shape index (κ3) is 45.5. The first-order valence-electron chi connectivity index (χ1n) is 24.7. The van der Waals surface area contributed by atoms with Crippen LogP contribution in [-0.4, -0.2) is 79.3 Å². The largest absolute Gasteiger partial charge is 0.483 e. The van der Waals surface area contributed by atoms with Gasteiger partial charge in [0.2, 0.25) is 0 Å². The fourth-order valence-electron chi connectivity index (χ4n) is 7.77. The van der Waals surface area contributed by atoms with Crippen LogP contribution in [0.1, 0.15) is 240 Å². The molecule has 0 saturated carbocycles. The molecule has 0 aliphatic rings. The average molecular weight is 826 g/mol. The van der Waals surface area contributed by atoms with E-state index in [-0.39, 0.29) is 12.4 Å². The summed E-state index contributed by atoms with van der Waals surface area (Å²) in [6.07, 6.45) is 43.8. The molecule has 0 aromatic heterocycles. The lowest BCUT2D eigenvalue weighted by atomic mass is 9.89. The van der Waals surface area contributed by atoms with E-state index in [1.165, 1.54) is 199 Å². The van der Waals surface area contributed by atoms with Gasteiger partial charge in [-0.25, -0.2) is 0 Å². The number of hydrogen-bond acceptors (Lipinski definition) is 5. The van der Waals surface area contributed by atoms with Crippen molar-refractivity contribution in [1.82, 2.24) is 15.1 Å². The Kier molecular flexibility index (Phi) is 47.8. The van der Waals surface area contributed by atoms with Gasteiger partial charge >= 0.3 is 5.97 Å². The maximum atomic E-state index is 12.3. The molecule has 7 nitrogen and oxygen atoms in total. The standard InChI is InChI=1S/C48H97N3O2S.CH2O2/c1-7-10-13-16-21-28-36-46(37-29-22-17-14-11-8-2)38-30-23-18-25-32-41-51(43-34-40-49-48(54)50(5)6)42-33-26-19-24-31-39-47(52)53-44-45(4)35-27-20-15-12-9-3;2-1-3/h45-46H,7-44H2,1-6H3,(H,49,54);1H,(H,2,3). The van der Waals surface area contributed by atoms with E-state index in [9.17, 15) is 4.79 Å². The molecule has 1 unspecified atom stereocenters. The number of nitrogens with one attached hydrogen (secondary N) is 1.